The second-order valence-corrected chi connectivity index (χ2v) is 1.81. The molecule has 0 saturated carbocycles. The van der Waals surface area contributed by atoms with E-state index in [0.717, 1.165) is 0 Å². The van der Waals surface area contributed by atoms with Gasteiger partial charge in [-0.1, -0.05) is 31.4 Å². The third kappa shape index (κ3) is 4.91. The standard InChI is InChI=1S/C9H13N/c1-4-6-7-8-9-10(3)5-2/h4-9H,1-2H2,3H3. The van der Waals surface area contributed by atoms with Crippen LogP contribution in [0.1, 0.15) is 0 Å². The summed E-state index contributed by atoms with van der Waals surface area (Å²) >= 11 is 0. The molecule has 0 aromatic heterocycles. The molecule has 0 aliphatic carbocycles. The second kappa shape index (κ2) is 5.89. The van der Waals surface area contributed by atoms with E-state index in [9.17, 15) is 0 Å². The van der Waals surface area contributed by atoms with Gasteiger partial charge in [-0.2, -0.15) is 0 Å². The molecule has 1 nitrogen and oxygen atoms in total. The van der Waals surface area contributed by atoms with E-state index in [2.05, 4.69) is 13.2 Å². The van der Waals surface area contributed by atoms with Crippen LogP contribution in [0, 0.1) is 0 Å². The normalized spacial score (nSPS) is 10.5. The Bertz CT molecular complexity index is 154. The maximum absolute atomic E-state index is 3.59. The zero-order valence-corrected chi connectivity index (χ0v) is 6.33. The molecule has 0 heterocycles. The topological polar surface area (TPSA) is 3.24 Å². The second-order valence-electron chi connectivity index (χ2n) is 1.81. The third-order valence-corrected chi connectivity index (χ3v) is 0.967. The zero-order valence-electron chi connectivity index (χ0n) is 6.33. The Hall–Kier alpha value is -1.24. The van der Waals surface area contributed by atoms with E-state index in [-0.39, 0.29) is 0 Å². The Kier molecular flexibility index (Phi) is 5.16. The minimum Gasteiger partial charge on any atom is -0.358 e. The summed E-state index contributed by atoms with van der Waals surface area (Å²) in [6.45, 7) is 7.13. The summed E-state index contributed by atoms with van der Waals surface area (Å²) in [5.41, 5.74) is 0. The van der Waals surface area contributed by atoms with Crippen LogP contribution in [0.5, 0.6) is 0 Å². The van der Waals surface area contributed by atoms with Gasteiger partial charge in [0, 0.05) is 13.2 Å². The van der Waals surface area contributed by atoms with Gasteiger partial charge in [0.05, 0.1) is 0 Å². The molecule has 0 amide bonds. The molecule has 0 radical (unpaired) electrons. The lowest BCUT2D eigenvalue weighted by molar-refractivity contribution is 0.628. The van der Waals surface area contributed by atoms with Gasteiger partial charge >= 0.3 is 0 Å². The van der Waals surface area contributed by atoms with Crippen LogP contribution in [0.3, 0.4) is 0 Å². The summed E-state index contributed by atoms with van der Waals surface area (Å²) in [6, 6.07) is 0. The summed E-state index contributed by atoms with van der Waals surface area (Å²) in [5.74, 6) is 0. The molecule has 10 heavy (non-hydrogen) atoms. The summed E-state index contributed by atoms with van der Waals surface area (Å²) in [7, 11) is 1.92. The Balaban J connectivity index is 3.64. The molecule has 0 rings (SSSR count). The van der Waals surface area contributed by atoms with Gasteiger partial charge in [-0.25, -0.2) is 0 Å². The van der Waals surface area contributed by atoms with Gasteiger partial charge in [0.1, 0.15) is 0 Å². The molecule has 0 atom stereocenters. The van der Waals surface area contributed by atoms with Crippen molar-refractivity contribution in [2.45, 2.75) is 0 Å². The summed E-state index contributed by atoms with van der Waals surface area (Å²) in [6.07, 6.45) is 11.1. The van der Waals surface area contributed by atoms with Crippen molar-refractivity contribution in [2.75, 3.05) is 7.05 Å². The zero-order chi connectivity index (χ0) is 7.82. The molecular weight excluding hydrogens is 122 g/mol. The first kappa shape index (κ1) is 8.76. The lowest BCUT2D eigenvalue weighted by Crippen LogP contribution is -1.97. The quantitative estimate of drug-likeness (QED) is 0.535. The van der Waals surface area contributed by atoms with E-state index in [1.165, 1.54) is 0 Å². The minimum absolute atomic E-state index is 1.73. The van der Waals surface area contributed by atoms with Crippen LogP contribution in [-0.4, -0.2) is 11.9 Å². The molecule has 0 aromatic rings. The Morgan fingerprint density at radius 2 is 1.80 bits per heavy atom. The first-order chi connectivity index (χ1) is 4.81. The van der Waals surface area contributed by atoms with E-state index in [4.69, 9.17) is 0 Å². The Morgan fingerprint density at radius 1 is 1.10 bits per heavy atom. The number of allylic oxidation sites excluding steroid dienone is 4. The van der Waals surface area contributed by atoms with Crippen molar-refractivity contribution in [1.29, 1.82) is 0 Å². The molecule has 0 aromatic carbocycles. The summed E-state index contributed by atoms with van der Waals surface area (Å²) in [5, 5.41) is 0. The monoisotopic (exact) mass is 135 g/mol. The van der Waals surface area contributed by atoms with Crippen molar-refractivity contribution >= 4 is 0 Å². The molecular formula is C9H13N. The van der Waals surface area contributed by atoms with Crippen LogP contribution in [0.2, 0.25) is 0 Å². The van der Waals surface area contributed by atoms with Crippen molar-refractivity contribution < 1.29 is 0 Å². The minimum atomic E-state index is 1.73. The van der Waals surface area contributed by atoms with Gasteiger partial charge in [0.15, 0.2) is 0 Å². The molecule has 0 aliphatic heterocycles. The van der Waals surface area contributed by atoms with E-state index >= 15 is 0 Å². The molecule has 0 unspecified atom stereocenters. The smallest absolute Gasteiger partial charge is 0.0106 e. The van der Waals surface area contributed by atoms with Gasteiger partial charge in [-0.15, -0.1) is 0 Å². The molecule has 0 bridgehead atoms. The van der Waals surface area contributed by atoms with Crippen LogP contribution < -0.4 is 0 Å². The average molecular weight is 135 g/mol. The number of hydrogen-bond donors (Lipinski definition) is 0. The Labute approximate surface area is 62.7 Å². The molecule has 54 valence electrons. The molecule has 1 heteroatoms. The predicted octanol–water partition coefficient (Wildman–Crippen LogP) is 2.32. The van der Waals surface area contributed by atoms with Crippen LogP contribution in [-0.2, 0) is 0 Å². The van der Waals surface area contributed by atoms with Crippen molar-refractivity contribution in [1.82, 2.24) is 4.90 Å². The fraction of sp³-hybridized carbons (Fsp3) is 0.111. The highest BCUT2D eigenvalue weighted by Gasteiger charge is 1.73. The van der Waals surface area contributed by atoms with Crippen molar-refractivity contribution in [3.05, 3.63) is 49.9 Å². The summed E-state index contributed by atoms with van der Waals surface area (Å²) < 4.78 is 0. The molecule has 0 fully saturated rings. The highest BCUT2D eigenvalue weighted by molar-refractivity contribution is 5.08. The third-order valence-electron chi connectivity index (χ3n) is 0.967. The fourth-order valence-corrected chi connectivity index (χ4v) is 0.389. The largest absolute Gasteiger partial charge is 0.358 e. The summed E-state index contributed by atoms with van der Waals surface area (Å²) in [4.78, 5) is 1.87. The van der Waals surface area contributed by atoms with Crippen LogP contribution in [0.15, 0.2) is 49.9 Å². The van der Waals surface area contributed by atoms with Gasteiger partial charge in [0.2, 0.25) is 0 Å². The van der Waals surface area contributed by atoms with E-state index < -0.39 is 0 Å². The maximum atomic E-state index is 3.59. The highest BCUT2D eigenvalue weighted by atomic mass is 15.0. The van der Waals surface area contributed by atoms with E-state index in [0.29, 0.717) is 0 Å². The first-order valence-corrected chi connectivity index (χ1v) is 3.11. The molecule has 0 spiro atoms. The number of rotatable bonds is 4. The fourth-order valence-electron chi connectivity index (χ4n) is 0.389. The Morgan fingerprint density at radius 3 is 2.30 bits per heavy atom. The lowest BCUT2D eigenvalue weighted by Gasteiger charge is -2.02. The molecule has 0 aliphatic rings. The predicted molar refractivity (Wildman–Crippen MR) is 46.4 cm³/mol. The van der Waals surface area contributed by atoms with Gasteiger partial charge in [0.25, 0.3) is 0 Å². The van der Waals surface area contributed by atoms with E-state index in [1.54, 1.807) is 12.3 Å². The SMILES string of the molecule is C=CC=CC=CN(C)C=C. The first-order valence-electron chi connectivity index (χ1n) is 3.11. The van der Waals surface area contributed by atoms with Gasteiger partial charge in [-0.3, -0.25) is 0 Å². The van der Waals surface area contributed by atoms with E-state index in [1.807, 2.05) is 36.4 Å². The highest BCUT2D eigenvalue weighted by Crippen LogP contribution is 1.84. The van der Waals surface area contributed by atoms with Crippen molar-refractivity contribution in [2.24, 2.45) is 0 Å². The van der Waals surface area contributed by atoms with Crippen LogP contribution in [0.4, 0.5) is 0 Å². The van der Waals surface area contributed by atoms with Gasteiger partial charge < -0.3 is 4.90 Å². The van der Waals surface area contributed by atoms with Gasteiger partial charge in [-0.05, 0) is 12.3 Å². The molecule has 0 saturated heterocycles. The van der Waals surface area contributed by atoms with Crippen molar-refractivity contribution in [3.63, 3.8) is 0 Å². The number of nitrogens with zero attached hydrogens (tertiary/aromatic N) is 1. The van der Waals surface area contributed by atoms with Crippen LogP contribution in [0.25, 0.3) is 0 Å². The van der Waals surface area contributed by atoms with Crippen LogP contribution >= 0.6 is 0 Å². The average Bonchev–Trinajstić information content (AvgIpc) is 1.98. The maximum Gasteiger partial charge on any atom is 0.0106 e. The number of hydrogen-bond acceptors (Lipinski definition) is 1. The van der Waals surface area contributed by atoms with Crippen molar-refractivity contribution in [3.8, 4) is 0 Å². The molecule has 0 N–H and O–H groups in total. The lowest BCUT2D eigenvalue weighted by atomic mass is 10.4.